The zero-order chi connectivity index (χ0) is 21.2. The number of methoxy groups -OCH3 is 1. The molecule has 1 aromatic heterocycles. The summed E-state index contributed by atoms with van der Waals surface area (Å²) < 4.78 is 6.73. The summed E-state index contributed by atoms with van der Waals surface area (Å²) in [5.41, 5.74) is 1.85. The Morgan fingerprint density at radius 1 is 1.14 bits per heavy atom. The van der Waals surface area contributed by atoms with Gasteiger partial charge in [0, 0.05) is 29.3 Å². The summed E-state index contributed by atoms with van der Waals surface area (Å²) in [7, 11) is 1.34. The number of hydrogen-bond donors (Lipinski definition) is 0. The van der Waals surface area contributed by atoms with Gasteiger partial charge < -0.3 is 14.2 Å². The molecule has 6 nitrogen and oxygen atoms in total. The Morgan fingerprint density at radius 3 is 2.18 bits per heavy atom. The Morgan fingerprint density at radius 2 is 1.71 bits per heavy atom. The quantitative estimate of drug-likeness (QED) is 0.545. The van der Waals surface area contributed by atoms with E-state index < -0.39 is 11.5 Å². The highest BCUT2D eigenvalue weighted by atomic mass is 16.5. The second-order valence-electron chi connectivity index (χ2n) is 8.67. The van der Waals surface area contributed by atoms with Crippen molar-refractivity contribution >= 4 is 17.7 Å². The highest BCUT2D eigenvalue weighted by molar-refractivity contribution is 6.04. The Labute approximate surface area is 168 Å². The molecule has 156 valence electrons. The first-order valence-electron chi connectivity index (χ1n) is 10.2. The zero-order valence-corrected chi connectivity index (χ0v) is 18.3. The fourth-order valence-electron chi connectivity index (χ4n) is 4.32. The number of rotatable bonds is 6. The summed E-state index contributed by atoms with van der Waals surface area (Å²) in [5.74, 6) is -0.498. The normalized spacial score (nSPS) is 15.0. The molecule has 1 saturated carbocycles. The molecule has 0 saturated heterocycles. The van der Waals surface area contributed by atoms with Crippen LogP contribution in [0.1, 0.15) is 85.5 Å². The molecule has 0 radical (unpaired) electrons. The lowest BCUT2D eigenvalue weighted by molar-refractivity contribution is -0.139. The van der Waals surface area contributed by atoms with Crippen molar-refractivity contribution in [2.45, 2.75) is 79.3 Å². The molecule has 28 heavy (non-hydrogen) atoms. The zero-order valence-electron chi connectivity index (χ0n) is 18.3. The van der Waals surface area contributed by atoms with Gasteiger partial charge in [-0.2, -0.15) is 0 Å². The van der Waals surface area contributed by atoms with Gasteiger partial charge in [0.05, 0.1) is 13.7 Å². The van der Waals surface area contributed by atoms with Gasteiger partial charge in [-0.05, 0) is 59.9 Å². The molecule has 0 atom stereocenters. The molecule has 6 heteroatoms. The monoisotopic (exact) mass is 390 g/mol. The number of Topliss-reactive ketones (excluding diaryl/α,β-unsaturated/α-hetero) is 1. The third kappa shape index (κ3) is 4.15. The molecular weight excluding hydrogens is 356 g/mol. The smallest absolute Gasteiger partial charge is 0.354 e. The molecule has 1 aliphatic carbocycles. The lowest BCUT2D eigenvalue weighted by atomic mass is 9.97. The summed E-state index contributed by atoms with van der Waals surface area (Å²) >= 11 is 0. The van der Waals surface area contributed by atoms with Crippen LogP contribution in [0.5, 0.6) is 0 Å². The molecule has 0 N–H and O–H groups in total. The Bertz CT molecular complexity index is 764. The van der Waals surface area contributed by atoms with Crippen LogP contribution in [-0.4, -0.2) is 46.3 Å². The van der Waals surface area contributed by atoms with Crippen LogP contribution in [0, 0.1) is 19.8 Å². The topological polar surface area (TPSA) is 68.6 Å². The van der Waals surface area contributed by atoms with Gasteiger partial charge in [-0.25, -0.2) is 4.79 Å². The average Bonchev–Trinajstić information content (AvgIpc) is 3.23. The number of amides is 1. The predicted octanol–water partition coefficient (Wildman–Crippen LogP) is 3.91. The average molecular weight is 391 g/mol. The highest BCUT2D eigenvalue weighted by Crippen LogP contribution is 2.30. The van der Waals surface area contributed by atoms with Gasteiger partial charge in [0.15, 0.2) is 5.78 Å². The Kier molecular flexibility index (Phi) is 6.73. The lowest BCUT2D eigenvalue weighted by Gasteiger charge is -2.37. The second-order valence-corrected chi connectivity index (χ2v) is 8.67. The number of nitrogens with zero attached hydrogens (tertiary/aromatic N) is 2. The largest absolute Gasteiger partial charge is 0.464 e. The third-order valence-electron chi connectivity index (χ3n) is 5.82. The maximum atomic E-state index is 13.3. The summed E-state index contributed by atoms with van der Waals surface area (Å²) in [6.45, 7) is 12.0. The van der Waals surface area contributed by atoms with Gasteiger partial charge in [-0.3, -0.25) is 9.59 Å². The van der Waals surface area contributed by atoms with Crippen LogP contribution in [0.2, 0.25) is 0 Å². The summed E-state index contributed by atoms with van der Waals surface area (Å²) in [5, 5.41) is 0. The number of carbonyl (C=O) groups is 3. The second kappa shape index (κ2) is 8.50. The van der Waals surface area contributed by atoms with Crippen molar-refractivity contribution in [2.75, 3.05) is 13.7 Å². The van der Waals surface area contributed by atoms with Crippen LogP contribution in [0.15, 0.2) is 0 Å². The molecule has 0 spiro atoms. The minimum atomic E-state index is -0.449. The molecule has 2 rings (SSSR count). The van der Waals surface area contributed by atoms with Crippen LogP contribution >= 0.6 is 0 Å². The molecule has 0 aromatic carbocycles. The number of aromatic nitrogens is 1. The van der Waals surface area contributed by atoms with Crippen LogP contribution in [-0.2, 0) is 16.1 Å². The van der Waals surface area contributed by atoms with E-state index in [2.05, 4.69) is 0 Å². The van der Waals surface area contributed by atoms with Gasteiger partial charge in [0.1, 0.15) is 5.69 Å². The molecule has 1 aliphatic rings. The Hall–Kier alpha value is -2.11. The maximum absolute atomic E-state index is 13.3. The molecular formula is C22H34N2O4. The summed E-state index contributed by atoms with van der Waals surface area (Å²) in [6, 6.07) is 0. The molecule has 1 heterocycles. The first kappa shape index (κ1) is 22.2. The first-order valence-corrected chi connectivity index (χ1v) is 10.2. The van der Waals surface area contributed by atoms with Crippen LogP contribution in [0.25, 0.3) is 0 Å². The summed E-state index contributed by atoms with van der Waals surface area (Å²) in [6.07, 6.45) is 3.94. The number of hydrogen-bond acceptors (Lipinski definition) is 4. The molecule has 1 amide bonds. The van der Waals surface area contributed by atoms with E-state index in [1.165, 1.54) is 7.11 Å². The van der Waals surface area contributed by atoms with Crippen molar-refractivity contribution in [1.29, 1.82) is 0 Å². The molecule has 0 unspecified atom stereocenters. The van der Waals surface area contributed by atoms with Crippen molar-refractivity contribution < 1.29 is 19.1 Å². The van der Waals surface area contributed by atoms with E-state index in [9.17, 15) is 14.4 Å². The van der Waals surface area contributed by atoms with Crippen molar-refractivity contribution in [3.8, 4) is 0 Å². The number of ketones is 1. The minimum Gasteiger partial charge on any atom is -0.464 e. The van der Waals surface area contributed by atoms with Crippen molar-refractivity contribution in [1.82, 2.24) is 9.47 Å². The SMILES string of the molecule is CCn1c(C)c(C(=O)CN(C(=O)C2CCCC2)C(C)(C)C)c(C)c1C(=O)OC. The molecule has 1 fully saturated rings. The van der Waals surface area contributed by atoms with E-state index in [0.29, 0.717) is 23.4 Å². The van der Waals surface area contributed by atoms with E-state index in [0.717, 1.165) is 31.4 Å². The van der Waals surface area contributed by atoms with Crippen molar-refractivity contribution in [3.05, 3.63) is 22.5 Å². The number of carbonyl (C=O) groups excluding carboxylic acids is 3. The van der Waals surface area contributed by atoms with Crippen LogP contribution < -0.4 is 0 Å². The van der Waals surface area contributed by atoms with Gasteiger partial charge in [-0.1, -0.05) is 12.8 Å². The van der Waals surface area contributed by atoms with Crippen molar-refractivity contribution in [2.24, 2.45) is 5.92 Å². The molecule has 0 aliphatic heterocycles. The first-order chi connectivity index (χ1) is 13.0. The highest BCUT2D eigenvalue weighted by Gasteiger charge is 2.36. The fourth-order valence-corrected chi connectivity index (χ4v) is 4.32. The summed E-state index contributed by atoms with van der Waals surface area (Å²) in [4.78, 5) is 40.4. The standard InChI is InChI=1S/C22H34N2O4/c1-8-23-15(3)18(14(2)19(23)21(27)28-7)17(25)13-24(22(4,5)6)20(26)16-11-9-10-12-16/h16H,8-13H2,1-7H3. The predicted molar refractivity (Wildman–Crippen MR) is 109 cm³/mol. The van der Waals surface area contributed by atoms with Gasteiger partial charge in [0.2, 0.25) is 5.91 Å². The maximum Gasteiger partial charge on any atom is 0.354 e. The Balaban J connectivity index is 2.40. The van der Waals surface area contributed by atoms with Gasteiger partial charge >= 0.3 is 5.97 Å². The van der Waals surface area contributed by atoms with Crippen LogP contribution in [0.3, 0.4) is 0 Å². The molecule has 0 bridgehead atoms. The lowest BCUT2D eigenvalue weighted by Crippen LogP contribution is -2.50. The minimum absolute atomic E-state index is 0.0140. The molecule has 1 aromatic rings. The van der Waals surface area contributed by atoms with E-state index in [1.807, 2.05) is 39.2 Å². The van der Waals surface area contributed by atoms with E-state index in [1.54, 1.807) is 11.8 Å². The number of ether oxygens (including phenoxy) is 1. The van der Waals surface area contributed by atoms with Crippen LogP contribution in [0.4, 0.5) is 0 Å². The number of esters is 1. The van der Waals surface area contributed by atoms with E-state index in [-0.39, 0.29) is 24.2 Å². The fraction of sp³-hybridized carbons (Fsp3) is 0.682. The van der Waals surface area contributed by atoms with Crippen molar-refractivity contribution in [3.63, 3.8) is 0 Å². The third-order valence-corrected chi connectivity index (χ3v) is 5.82. The van der Waals surface area contributed by atoms with Gasteiger partial charge in [-0.15, -0.1) is 0 Å². The van der Waals surface area contributed by atoms with Gasteiger partial charge in [0.25, 0.3) is 0 Å². The van der Waals surface area contributed by atoms with E-state index >= 15 is 0 Å². The van der Waals surface area contributed by atoms with E-state index in [4.69, 9.17) is 4.74 Å².